The third-order valence-electron chi connectivity index (χ3n) is 2.34. The molecule has 1 aromatic rings. The third-order valence-corrected chi connectivity index (χ3v) is 2.34. The van der Waals surface area contributed by atoms with Gasteiger partial charge in [0.05, 0.1) is 12.6 Å². The second kappa shape index (κ2) is 5.51. The van der Waals surface area contributed by atoms with E-state index in [9.17, 15) is 9.90 Å². The Morgan fingerprint density at radius 2 is 1.81 bits per heavy atom. The fourth-order valence-electron chi connectivity index (χ4n) is 1.46. The SMILES string of the molecule is CN(C)C(=O)N(C)CC(O)c1ccccc1. The normalized spacial score (nSPS) is 12.0. The fourth-order valence-corrected chi connectivity index (χ4v) is 1.46. The maximum absolute atomic E-state index is 11.6. The number of aliphatic hydroxyl groups excluding tert-OH is 1. The van der Waals surface area contributed by atoms with E-state index in [0.29, 0.717) is 6.54 Å². The predicted molar refractivity (Wildman–Crippen MR) is 63.1 cm³/mol. The highest BCUT2D eigenvalue weighted by Crippen LogP contribution is 2.13. The number of aliphatic hydroxyl groups is 1. The van der Waals surface area contributed by atoms with Gasteiger partial charge in [0.15, 0.2) is 0 Å². The van der Waals surface area contributed by atoms with Crippen molar-refractivity contribution in [1.82, 2.24) is 9.80 Å². The van der Waals surface area contributed by atoms with Crippen molar-refractivity contribution in [2.45, 2.75) is 6.10 Å². The van der Waals surface area contributed by atoms with Gasteiger partial charge >= 0.3 is 6.03 Å². The molecule has 0 saturated carbocycles. The molecule has 0 aliphatic carbocycles. The van der Waals surface area contributed by atoms with Crippen molar-refractivity contribution >= 4 is 6.03 Å². The van der Waals surface area contributed by atoms with E-state index in [2.05, 4.69) is 0 Å². The van der Waals surface area contributed by atoms with Gasteiger partial charge in [-0.25, -0.2) is 4.79 Å². The van der Waals surface area contributed by atoms with E-state index in [1.807, 2.05) is 30.3 Å². The van der Waals surface area contributed by atoms with Crippen LogP contribution in [0.15, 0.2) is 30.3 Å². The molecule has 0 aliphatic rings. The van der Waals surface area contributed by atoms with Crippen molar-refractivity contribution in [3.05, 3.63) is 35.9 Å². The number of urea groups is 1. The van der Waals surface area contributed by atoms with Crippen LogP contribution in [0.25, 0.3) is 0 Å². The van der Waals surface area contributed by atoms with Gasteiger partial charge in [-0.1, -0.05) is 30.3 Å². The van der Waals surface area contributed by atoms with Crippen LogP contribution < -0.4 is 0 Å². The van der Waals surface area contributed by atoms with E-state index in [1.54, 1.807) is 21.1 Å². The molecule has 0 radical (unpaired) electrons. The molecule has 4 heteroatoms. The minimum atomic E-state index is -0.643. The van der Waals surface area contributed by atoms with E-state index >= 15 is 0 Å². The van der Waals surface area contributed by atoms with Gasteiger partial charge in [0.1, 0.15) is 0 Å². The average molecular weight is 222 g/mol. The molecule has 88 valence electrons. The first-order valence-electron chi connectivity index (χ1n) is 5.18. The molecule has 16 heavy (non-hydrogen) atoms. The third kappa shape index (κ3) is 3.24. The predicted octanol–water partition coefficient (Wildman–Crippen LogP) is 1.33. The van der Waals surface area contributed by atoms with Crippen molar-refractivity contribution in [1.29, 1.82) is 0 Å². The van der Waals surface area contributed by atoms with Crippen molar-refractivity contribution in [2.24, 2.45) is 0 Å². The van der Waals surface area contributed by atoms with E-state index in [4.69, 9.17) is 0 Å². The average Bonchev–Trinajstić information content (AvgIpc) is 2.28. The molecule has 1 unspecified atom stereocenters. The second-order valence-corrected chi connectivity index (χ2v) is 3.98. The number of likely N-dealkylation sites (N-methyl/N-ethyl adjacent to an activating group) is 1. The molecule has 0 aliphatic heterocycles. The summed E-state index contributed by atoms with van der Waals surface area (Å²) >= 11 is 0. The molecular formula is C12H18N2O2. The highest BCUT2D eigenvalue weighted by atomic mass is 16.3. The number of nitrogens with zero attached hydrogens (tertiary/aromatic N) is 2. The lowest BCUT2D eigenvalue weighted by Gasteiger charge is -2.24. The smallest absolute Gasteiger partial charge is 0.319 e. The molecule has 0 saturated heterocycles. The lowest BCUT2D eigenvalue weighted by atomic mass is 10.1. The largest absolute Gasteiger partial charge is 0.387 e. The summed E-state index contributed by atoms with van der Waals surface area (Å²) in [6.07, 6.45) is -0.643. The molecule has 1 N–H and O–H groups in total. The van der Waals surface area contributed by atoms with Crippen LogP contribution in [-0.4, -0.2) is 48.6 Å². The molecule has 0 spiro atoms. The van der Waals surface area contributed by atoms with Crippen LogP contribution in [-0.2, 0) is 0 Å². The summed E-state index contributed by atoms with van der Waals surface area (Å²) in [5, 5.41) is 9.91. The van der Waals surface area contributed by atoms with Crippen molar-refractivity contribution < 1.29 is 9.90 Å². The van der Waals surface area contributed by atoms with Crippen LogP contribution >= 0.6 is 0 Å². The zero-order chi connectivity index (χ0) is 12.1. The molecule has 4 nitrogen and oxygen atoms in total. The standard InChI is InChI=1S/C12H18N2O2/c1-13(2)12(16)14(3)9-11(15)10-7-5-4-6-8-10/h4-8,11,15H,9H2,1-3H3. The molecule has 0 aromatic heterocycles. The van der Waals surface area contributed by atoms with Crippen LogP contribution in [0.3, 0.4) is 0 Å². The van der Waals surface area contributed by atoms with Crippen molar-refractivity contribution in [3.8, 4) is 0 Å². The van der Waals surface area contributed by atoms with Crippen molar-refractivity contribution in [2.75, 3.05) is 27.7 Å². The number of benzene rings is 1. The minimum absolute atomic E-state index is 0.116. The van der Waals surface area contributed by atoms with E-state index < -0.39 is 6.10 Å². The van der Waals surface area contributed by atoms with Crippen LogP contribution in [0.5, 0.6) is 0 Å². The van der Waals surface area contributed by atoms with Crippen LogP contribution in [0.2, 0.25) is 0 Å². The number of carbonyl (C=O) groups is 1. The van der Waals surface area contributed by atoms with E-state index in [1.165, 1.54) is 9.80 Å². The maximum atomic E-state index is 11.6. The first kappa shape index (κ1) is 12.5. The molecule has 1 aromatic carbocycles. The topological polar surface area (TPSA) is 43.8 Å². The van der Waals surface area contributed by atoms with Gasteiger partial charge in [-0.3, -0.25) is 0 Å². The summed E-state index contributed by atoms with van der Waals surface area (Å²) in [6.45, 7) is 0.293. The summed E-state index contributed by atoms with van der Waals surface area (Å²) in [7, 11) is 5.05. The van der Waals surface area contributed by atoms with Gasteiger partial charge in [-0.15, -0.1) is 0 Å². The van der Waals surface area contributed by atoms with Gasteiger partial charge < -0.3 is 14.9 Å². The number of carbonyl (C=O) groups excluding carboxylic acids is 1. The monoisotopic (exact) mass is 222 g/mol. The first-order valence-corrected chi connectivity index (χ1v) is 5.18. The Balaban J connectivity index is 2.58. The molecule has 2 amide bonds. The van der Waals surface area contributed by atoms with Gasteiger partial charge in [0, 0.05) is 21.1 Å². The highest BCUT2D eigenvalue weighted by molar-refractivity contribution is 5.73. The minimum Gasteiger partial charge on any atom is -0.387 e. The molecule has 1 atom stereocenters. The van der Waals surface area contributed by atoms with Gasteiger partial charge in [0.2, 0.25) is 0 Å². The van der Waals surface area contributed by atoms with Crippen LogP contribution in [0.1, 0.15) is 11.7 Å². The Morgan fingerprint density at radius 1 is 1.25 bits per heavy atom. The van der Waals surface area contributed by atoms with Crippen LogP contribution in [0, 0.1) is 0 Å². The van der Waals surface area contributed by atoms with E-state index in [-0.39, 0.29) is 6.03 Å². The Hall–Kier alpha value is -1.55. The Labute approximate surface area is 96.1 Å². The van der Waals surface area contributed by atoms with E-state index in [0.717, 1.165) is 5.56 Å². The molecular weight excluding hydrogens is 204 g/mol. The van der Waals surface area contributed by atoms with Crippen LogP contribution in [0.4, 0.5) is 4.79 Å². The summed E-state index contributed by atoms with van der Waals surface area (Å²) in [4.78, 5) is 14.5. The summed E-state index contributed by atoms with van der Waals surface area (Å²) < 4.78 is 0. The fraction of sp³-hybridized carbons (Fsp3) is 0.417. The quantitative estimate of drug-likeness (QED) is 0.838. The Bertz CT molecular complexity index is 338. The number of hydrogen-bond donors (Lipinski definition) is 1. The number of amides is 2. The Kier molecular flexibility index (Phi) is 4.31. The molecule has 1 rings (SSSR count). The zero-order valence-electron chi connectivity index (χ0n) is 9.92. The van der Waals surface area contributed by atoms with Crippen molar-refractivity contribution in [3.63, 3.8) is 0 Å². The number of rotatable bonds is 3. The lowest BCUT2D eigenvalue weighted by Crippen LogP contribution is -2.38. The first-order chi connectivity index (χ1) is 7.52. The summed E-state index contributed by atoms with van der Waals surface area (Å²) in [5.41, 5.74) is 0.820. The Morgan fingerprint density at radius 3 is 2.31 bits per heavy atom. The lowest BCUT2D eigenvalue weighted by molar-refractivity contribution is 0.121. The molecule has 0 heterocycles. The van der Waals surface area contributed by atoms with Gasteiger partial charge in [0.25, 0.3) is 0 Å². The highest BCUT2D eigenvalue weighted by Gasteiger charge is 2.15. The molecule has 0 fully saturated rings. The van der Waals surface area contributed by atoms with Gasteiger partial charge in [-0.05, 0) is 5.56 Å². The zero-order valence-corrected chi connectivity index (χ0v) is 9.92. The second-order valence-electron chi connectivity index (χ2n) is 3.98. The number of hydrogen-bond acceptors (Lipinski definition) is 2. The maximum Gasteiger partial charge on any atom is 0.319 e. The summed E-state index contributed by atoms with van der Waals surface area (Å²) in [6, 6.07) is 9.20. The molecule has 0 bridgehead atoms. The van der Waals surface area contributed by atoms with Gasteiger partial charge in [-0.2, -0.15) is 0 Å². The summed E-state index contributed by atoms with van der Waals surface area (Å²) in [5.74, 6) is 0.